The molecule has 19 heavy (non-hydrogen) atoms. The van der Waals surface area contributed by atoms with Crippen molar-refractivity contribution < 1.29 is 14.3 Å². The largest absolute Gasteiger partial charge is 0.469 e. The number of amides is 2. The first-order valence-electron chi connectivity index (χ1n) is 5.65. The van der Waals surface area contributed by atoms with Crippen molar-refractivity contribution in [2.24, 2.45) is 0 Å². The zero-order valence-corrected chi connectivity index (χ0v) is 12.1. The van der Waals surface area contributed by atoms with Gasteiger partial charge in [0.15, 0.2) is 0 Å². The Bertz CT molecular complexity index is 457. The number of nitrogens with one attached hydrogen (secondary N) is 2. The lowest BCUT2D eigenvalue weighted by atomic mass is 10.2. The third-order valence-electron chi connectivity index (χ3n) is 2.20. The van der Waals surface area contributed by atoms with Crippen LogP contribution in [0, 0.1) is 0 Å². The van der Waals surface area contributed by atoms with Gasteiger partial charge in [-0.1, -0.05) is 28.1 Å². The van der Waals surface area contributed by atoms with E-state index in [0.29, 0.717) is 0 Å². The highest BCUT2D eigenvalue weighted by Crippen LogP contribution is 2.10. The molecule has 2 amide bonds. The quantitative estimate of drug-likeness (QED) is 0.816. The Balaban J connectivity index is 2.26. The molecule has 0 aliphatic carbocycles. The zero-order chi connectivity index (χ0) is 14.1. The second kappa shape index (κ2) is 8.31. The van der Waals surface area contributed by atoms with E-state index in [0.717, 1.165) is 10.0 Å². The summed E-state index contributed by atoms with van der Waals surface area (Å²) in [4.78, 5) is 22.1. The van der Waals surface area contributed by atoms with Crippen molar-refractivity contribution in [2.75, 3.05) is 13.7 Å². The molecule has 0 bridgehead atoms. The third-order valence-corrected chi connectivity index (χ3v) is 2.73. The average Bonchev–Trinajstić information content (AvgIpc) is 2.41. The van der Waals surface area contributed by atoms with E-state index in [1.807, 2.05) is 24.3 Å². The van der Waals surface area contributed by atoms with Crippen molar-refractivity contribution in [3.8, 4) is 0 Å². The fraction of sp³-hybridized carbons (Fsp3) is 0.231. The molecule has 0 aliphatic rings. The highest BCUT2D eigenvalue weighted by Gasteiger charge is 2.01. The van der Waals surface area contributed by atoms with Gasteiger partial charge >= 0.3 is 12.0 Å². The maximum atomic E-state index is 11.3. The van der Waals surface area contributed by atoms with Crippen LogP contribution < -0.4 is 10.6 Å². The molecule has 0 fully saturated rings. The number of ether oxygens (including phenoxy) is 1. The molecular weight excluding hydrogens is 312 g/mol. The highest BCUT2D eigenvalue weighted by molar-refractivity contribution is 9.10. The predicted octanol–water partition coefficient (Wildman–Crippen LogP) is 2.28. The van der Waals surface area contributed by atoms with Crippen molar-refractivity contribution in [3.63, 3.8) is 0 Å². The number of urea groups is 1. The molecule has 0 unspecified atom stereocenters. The van der Waals surface area contributed by atoms with Crippen LogP contribution in [0.25, 0.3) is 6.08 Å². The van der Waals surface area contributed by atoms with E-state index in [9.17, 15) is 9.59 Å². The summed E-state index contributed by atoms with van der Waals surface area (Å²) in [5, 5.41) is 5.08. The van der Waals surface area contributed by atoms with E-state index in [4.69, 9.17) is 0 Å². The third kappa shape index (κ3) is 6.61. The Morgan fingerprint density at radius 3 is 2.63 bits per heavy atom. The Kier molecular flexibility index (Phi) is 6.67. The number of hydrogen-bond acceptors (Lipinski definition) is 3. The van der Waals surface area contributed by atoms with Crippen LogP contribution in [0.5, 0.6) is 0 Å². The summed E-state index contributed by atoms with van der Waals surface area (Å²) in [6.07, 6.45) is 3.46. The van der Waals surface area contributed by atoms with Crippen LogP contribution in [0.1, 0.15) is 12.0 Å². The first kappa shape index (κ1) is 15.2. The van der Waals surface area contributed by atoms with Crippen molar-refractivity contribution in [1.82, 2.24) is 10.6 Å². The standard InChI is InChI=1S/C13H15BrN2O3/c1-19-12(17)7-9-16-13(18)15-8-6-10-2-4-11(14)5-3-10/h2-6,8H,7,9H2,1H3,(H2,15,16,18)/b8-6+. The second-order valence-electron chi connectivity index (χ2n) is 3.61. The van der Waals surface area contributed by atoms with E-state index in [-0.39, 0.29) is 25.0 Å². The van der Waals surface area contributed by atoms with Gasteiger partial charge in [0.1, 0.15) is 0 Å². The molecule has 0 heterocycles. The van der Waals surface area contributed by atoms with Gasteiger partial charge in [-0.2, -0.15) is 0 Å². The van der Waals surface area contributed by atoms with Gasteiger partial charge in [0.25, 0.3) is 0 Å². The zero-order valence-electron chi connectivity index (χ0n) is 10.5. The maximum absolute atomic E-state index is 11.3. The fourth-order valence-corrected chi connectivity index (χ4v) is 1.48. The molecule has 1 aromatic carbocycles. The van der Waals surface area contributed by atoms with Crippen LogP contribution in [0.15, 0.2) is 34.9 Å². The van der Waals surface area contributed by atoms with E-state index in [1.165, 1.54) is 13.3 Å². The van der Waals surface area contributed by atoms with Crippen molar-refractivity contribution in [3.05, 3.63) is 40.5 Å². The maximum Gasteiger partial charge on any atom is 0.318 e. The van der Waals surface area contributed by atoms with E-state index in [2.05, 4.69) is 31.3 Å². The molecule has 0 radical (unpaired) electrons. The summed E-state index contributed by atoms with van der Waals surface area (Å²) >= 11 is 3.34. The van der Waals surface area contributed by atoms with Gasteiger partial charge in [-0.3, -0.25) is 4.79 Å². The van der Waals surface area contributed by atoms with E-state index >= 15 is 0 Å². The van der Waals surface area contributed by atoms with Gasteiger partial charge < -0.3 is 15.4 Å². The lowest BCUT2D eigenvalue weighted by Gasteiger charge is -2.03. The molecule has 0 spiro atoms. The molecule has 102 valence electrons. The summed E-state index contributed by atoms with van der Waals surface area (Å²) < 4.78 is 5.45. The monoisotopic (exact) mass is 326 g/mol. The Hall–Kier alpha value is -1.82. The number of carbonyl (C=O) groups excluding carboxylic acids is 2. The lowest BCUT2D eigenvalue weighted by Crippen LogP contribution is -2.33. The molecule has 0 aliphatic heterocycles. The van der Waals surface area contributed by atoms with Crippen LogP contribution in [0.3, 0.4) is 0 Å². The molecule has 0 aromatic heterocycles. The SMILES string of the molecule is COC(=O)CCNC(=O)N/C=C/c1ccc(Br)cc1. The summed E-state index contributed by atoms with van der Waals surface area (Å²) in [5.74, 6) is -0.356. The van der Waals surface area contributed by atoms with Crippen LogP contribution in [0.2, 0.25) is 0 Å². The van der Waals surface area contributed by atoms with Crippen molar-refractivity contribution >= 4 is 34.0 Å². The smallest absolute Gasteiger partial charge is 0.318 e. The van der Waals surface area contributed by atoms with Crippen LogP contribution in [-0.4, -0.2) is 25.7 Å². The number of carbonyl (C=O) groups is 2. The molecular formula is C13H15BrN2O3. The van der Waals surface area contributed by atoms with Gasteiger partial charge in [-0.25, -0.2) is 4.79 Å². The minimum atomic E-state index is -0.364. The van der Waals surface area contributed by atoms with Crippen molar-refractivity contribution in [2.45, 2.75) is 6.42 Å². The van der Waals surface area contributed by atoms with Crippen molar-refractivity contribution in [1.29, 1.82) is 0 Å². The molecule has 6 heteroatoms. The number of methoxy groups -OCH3 is 1. The van der Waals surface area contributed by atoms with Crippen LogP contribution in [0.4, 0.5) is 4.79 Å². The number of esters is 1. The Morgan fingerprint density at radius 2 is 2.00 bits per heavy atom. The molecule has 1 rings (SSSR count). The summed E-state index contributed by atoms with van der Waals surface area (Å²) in [7, 11) is 1.31. The minimum absolute atomic E-state index is 0.153. The molecule has 5 nitrogen and oxygen atoms in total. The normalized spacial score (nSPS) is 10.2. The minimum Gasteiger partial charge on any atom is -0.469 e. The Labute approximate surface area is 120 Å². The predicted molar refractivity (Wildman–Crippen MR) is 76.3 cm³/mol. The number of rotatable bonds is 5. The number of hydrogen-bond donors (Lipinski definition) is 2. The molecule has 0 saturated carbocycles. The van der Waals surface area contributed by atoms with E-state index < -0.39 is 0 Å². The van der Waals surface area contributed by atoms with E-state index in [1.54, 1.807) is 6.08 Å². The molecule has 2 N–H and O–H groups in total. The van der Waals surface area contributed by atoms with Gasteiger partial charge in [0, 0.05) is 17.2 Å². The highest BCUT2D eigenvalue weighted by atomic mass is 79.9. The molecule has 0 saturated heterocycles. The van der Waals surface area contributed by atoms with Gasteiger partial charge in [0.05, 0.1) is 13.5 Å². The van der Waals surface area contributed by atoms with Gasteiger partial charge in [0.2, 0.25) is 0 Å². The van der Waals surface area contributed by atoms with Crippen LogP contribution >= 0.6 is 15.9 Å². The fourth-order valence-electron chi connectivity index (χ4n) is 1.22. The summed E-state index contributed by atoms with van der Waals surface area (Å²) in [6, 6.07) is 7.29. The van der Waals surface area contributed by atoms with Gasteiger partial charge in [-0.05, 0) is 23.8 Å². The van der Waals surface area contributed by atoms with Crippen LogP contribution in [-0.2, 0) is 9.53 Å². The average molecular weight is 327 g/mol. The first-order valence-corrected chi connectivity index (χ1v) is 6.44. The number of benzene rings is 1. The topological polar surface area (TPSA) is 67.4 Å². The van der Waals surface area contributed by atoms with Gasteiger partial charge in [-0.15, -0.1) is 0 Å². The Morgan fingerprint density at radius 1 is 1.32 bits per heavy atom. The molecule has 0 atom stereocenters. The second-order valence-corrected chi connectivity index (χ2v) is 4.53. The lowest BCUT2D eigenvalue weighted by molar-refractivity contribution is -0.140. The summed E-state index contributed by atoms with van der Waals surface area (Å²) in [5.41, 5.74) is 0.970. The molecule has 1 aromatic rings. The first-order chi connectivity index (χ1) is 9.11. The summed E-state index contributed by atoms with van der Waals surface area (Å²) in [6.45, 7) is 0.241. The number of halogens is 1.